The van der Waals surface area contributed by atoms with Crippen LogP contribution in [0.2, 0.25) is 0 Å². The number of amides is 1. The highest BCUT2D eigenvalue weighted by Gasteiger charge is 2.44. The zero-order valence-corrected chi connectivity index (χ0v) is 18.5. The van der Waals surface area contributed by atoms with Crippen LogP contribution in [0.1, 0.15) is 29.2 Å². The molecule has 0 radical (unpaired) electrons. The molecule has 9 heteroatoms. The molecule has 0 aliphatic carbocycles. The van der Waals surface area contributed by atoms with Crippen LogP contribution in [0, 0.1) is 12.7 Å². The molecule has 0 bridgehead atoms. The van der Waals surface area contributed by atoms with Crippen molar-refractivity contribution < 1.29 is 9.18 Å². The average molecular weight is 453 g/mol. The normalized spacial score (nSPS) is 23.4. The number of benzene rings is 2. The van der Waals surface area contributed by atoms with Gasteiger partial charge < -0.3 is 15.2 Å². The van der Waals surface area contributed by atoms with E-state index in [4.69, 9.17) is 0 Å². The fourth-order valence-electron chi connectivity index (χ4n) is 4.15. The van der Waals surface area contributed by atoms with Gasteiger partial charge in [-0.3, -0.25) is 10.2 Å². The van der Waals surface area contributed by atoms with E-state index in [9.17, 15) is 9.18 Å². The van der Waals surface area contributed by atoms with E-state index >= 15 is 0 Å². The molecule has 1 fully saturated rings. The Morgan fingerprint density at radius 3 is 2.75 bits per heavy atom. The molecule has 5 rings (SSSR count). The molecule has 0 aromatic heterocycles. The lowest BCUT2D eigenvalue weighted by molar-refractivity contribution is -0.118. The van der Waals surface area contributed by atoms with E-state index in [1.54, 1.807) is 12.1 Å². The van der Waals surface area contributed by atoms with Crippen molar-refractivity contribution in [1.29, 1.82) is 0 Å². The lowest BCUT2D eigenvalue weighted by Crippen LogP contribution is -2.54. The van der Waals surface area contributed by atoms with Crippen LogP contribution in [-0.2, 0) is 11.3 Å². The van der Waals surface area contributed by atoms with E-state index in [0.717, 1.165) is 17.2 Å². The van der Waals surface area contributed by atoms with E-state index in [1.807, 2.05) is 12.4 Å². The van der Waals surface area contributed by atoms with Crippen LogP contribution >= 0.6 is 11.8 Å². The third-order valence-electron chi connectivity index (χ3n) is 5.92. The Bertz CT molecular complexity index is 1040. The van der Waals surface area contributed by atoms with Crippen LogP contribution in [0.15, 0.2) is 66.0 Å². The van der Waals surface area contributed by atoms with Gasteiger partial charge in [0.15, 0.2) is 5.17 Å². The highest BCUT2D eigenvalue weighted by molar-refractivity contribution is 8.14. The van der Waals surface area contributed by atoms with Crippen molar-refractivity contribution >= 4 is 22.8 Å². The van der Waals surface area contributed by atoms with Crippen LogP contribution in [0.25, 0.3) is 0 Å². The largest absolute Gasteiger partial charge is 0.351 e. The van der Waals surface area contributed by atoms with Crippen molar-refractivity contribution in [2.24, 2.45) is 5.10 Å². The summed E-state index contributed by atoms with van der Waals surface area (Å²) in [6.07, 6.45) is 5.00. The maximum absolute atomic E-state index is 13.0. The number of hydrazine groups is 1. The quantitative estimate of drug-likeness (QED) is 0.648. The minimum Gasteiger partial charge on any atom is -0.351 e. The summed E-state index contributed by atoms with van der Waals surface area (Å²) in [4.78, 5) is 14.4. The standard InChI is InChI=1S/C23H25FN6OS/c1-15-2-6-17(7-3-15)19-12-20-22-26-27-23(29(22)10-11-30(20)28-19)32-14-21(31)25-13-16-4-8-18(24)9-5-16/h2-11,19-20,22,26,28H,12-14H2,1H3,(H,25,31). The summed E-state index contributed by atoms with van der Waals surface area (Å²) in [5.74, 6) is -0.111. The molecular formula is C23H25FN6OS. The molecule has 0 saturated carbocycles. The van der Waals surface area contributed by atoms with Gasteiger partial charge in [-0.05, 0) is 36.6 Å². The number of nitrogens with zero attached hydrogens (tertiary/aromatic N) is 3. The predicted molar refractivity (Wildman–Crippen MR) is 123 cm³/mol. The number of amidine groups is 1. The van der Waals surface area contributed by atoms with Crippen molar-refractivity contribution in [3.05, 3.63) is 83.4 Å². The first-order valence-electron chi connectivity index (χ1n) is 10.6. The fraction of sp³-hybridized carbons (Fsp3) is 0.304. The minimum atomic E-state index is -0.285. The molecule has 166 valence electrons. The van der Waals surface area contributed by atoms with Crippen molar-refractivity contribution in [3.63, 3.8) is 0 Å². The summed E-state index contributed by atoms with van der Waals surface area (Å²) in [6, 6.07) is 15.2. The van der Waals surface area contributed by atoms with Gasteiger partial charge in [-0.2, -0.15) is 5.10 Å². The van der Waals surface area contributed by atoms with Crippen molar-refractivity contribution in [1.82, 2.24) is 26.1 Å². The lowest BCUT2D eigenvalue weighted by atomic mass is 9.99. The molecule has 0 spiro atoms. The maximum Gasteiger partial charge on any atom is 0.230 e. The van der Waals surface area contributed by atoms with Crippen LogP contribution < -0.4 is 16.2 Å². The molecule has 2 aromatic carbocycles. The molecule has 2 aromatic rings. The summed E-state index contributed by atoms with van der Waals surface area (Å²) in [6.45, 7) is 2.47. The Labute approximate surface area is 190 Å². The Morgan fingerprint density at radius 2 is 1.97 bits per heavy atom. The zero-order chi connectivity index (χ0) is 22.1. The Kier molecular flexibility index (Phi) is 5.75. The van der Waals surface area contributed by atoms with Gasteiger partial charge in [0.25, 0.3) is 0 Å². The van der Waals surface area contributed by atoms with E-state index in [-0.39, 0.29) is 35.7 Å². The summed E-state index contributed by atoms with van der Waals surface area (Å²) in [5.41, 5.74) is 10.2. The van der Waals surface area contributed by atoms with Gasteiger partial charge in [0.1, 0.15) is 12.0 Å². The second-order valence-corrected chi connectivity index (χ2v) is 9.11. The Hall–Kier alpha value is -3.04. The average Bonchev–Trinajstić information content (AvgIpc) is 3.41. The molecule has 1 amide bonds. The first-order chi connectivity index (χ1) is 15.6. The molecule has 3 atom stereocenters. The summed E-state index contributed by atoms with van der Waals surface area (Å²) >= 11 is 1.40. The van der Waals surface area contributed by atoms with Crippen LogP contribution in [-0.4, -0.2) is 38.9 Å². The third kappa shape index (κ3) is 4.31. The van der Waals surface area contributed by atoms with Crippen LogP contribution in [0.3, 0.4) is 0 Å². The lowest BCUT2D eigenvalue weighted by Gasteiger charge is -2.36. The molecule has 3 aliphatic rings. The highest BCUT2D eigenvalue weighted by atomic mass is 32.2. The molecule has 3 N–H and O–H groups in total. The van der Waals surface area contributed by atoms with Crippen LogP contribution in [0.5, 0.6) is 0 Å². The maximum atomic E-state index is 13.0. The SMILES string of the molecule is Cc1ccc(C2CC3C4NN=C(SCC(=O)NCc5ccc(F)cc5)N4C=CN3N2)cc1. The van der Waals surface area contributed by atoms with Gasteiger partial charge >= 0.3 is 0 Å². The first kappa shape index (κ1) is 20.8. The molecular weight excluding hydrogens is 427 g/mol. The van der Waals surface area contributed by atoms with Gasteiger partial charge in [-0.25, -0.2) is 9.82 Å². The Balaban J connectivity index is 1.14. The first-order valence-corrected chi connectivity index (χ1v) is 11.6. The van der Waals surface area contributed by atoms with E-state index < -0.39 is 0 Å². The number of thioether (sulfide) groups is 1. The second kappa shape index (κ2) is 8.84. The number of halogens is 1. The van der Waals surface area contributed by atoms with Gasteiger partial charge in [-0.1, -0.05) is 53.7 Å². The fourth-order valence-corrected chi connectivity index (χ4v) is 4.95. The monoisotopic (exact) mass is 452 g/mol. The minimum absolute atomic E-state index is 0.0210. The highest BCUT2D eigenvalue weighted by Crippen LogP contribution is 2.35. The molecule has 32 heavy (non-hydrogen) atoms. The van der Waals surface area contributed by atoms with Crippen molar-refractivity contribution in [3.8, 4) is 0 Å². The number of fused-ring (bicyclic) bond motifs is 3. The van der Waals surface area contributed by atoms with E-state index in [0.29, 0.717) is 6.54 Å². The molecule has 3 heterocycles. The summed E-state index contributed by atoms with van der Waals surface area (Å²) in [5, 5.41) is 10.3. The number of hydrazone groups is 1. The second-order valence-electron chi connectivity index (χ2n) is 8.17. The zero-order valence-electron chi connectivity index (χ0n) is 17.7. The number of nitrogens with one attached hydrogen (secondary N) is 3. The van der Waals surface area contributed by atoms with Crippen molar-refractivity contribution in [2.45, 2.75) is 38.1 Å². The van der Waals surface area contributed by atoms with E-state index in [2.05, 4.69) is 62.4 Å². The molecule has 3 unspecified atom stereocenters. The third-order valence-corrected chi connectivity index (χ3v) is 6.89. The van der Waals surface area contributed by atoms with Crippen molar-refractivity contribution in [2.75, 3.05) is 5.75 Å². The molecule has 7 nitrogen and oxygen atoms in total. The van der Waals surface area contributed by atoms with Gasteiger partial charge in [0, 0.05) is 18.9 Å². The number of hydrogen-bond donors (Lipinski definition) is 3. The van der Waals surface area contributed by atoms with Gasteiger partial charge in [0.2, 0.25) is 5.91 Å². The topological polar surface area (TPSA) is 72.0 Å². The summed E-state index contributed by atoms with van der Waals surface area (Å²) in [7, 11) is 0. The van der Waals surface area contributed by atoms with Crippen LogP contribution in [0.4, 0.5) is 4.39 Å². The predicted octanol–water partition coefficient (Wildman–Crippen LogP) is 2.79. The number of carbonyl (C=O) groups is 1. The number of carbonyl (C=O) groups excluding carboxylic acids is 1. The summed E-state index contributed by atoms with van der Waals surface area (Å²) < 4.78 is 13.0. The number of aryl methyl sites for hydroxylation is 1. The number of rotatable bonds is 5. The molecule has 3 aliphatic heterocycles. The Morgan fingerprint density at radius 1 is 1.19 bits per heavy atom. The van der Waals surface area contributed by atoms with Gasteiger partial charge in [0.05, 0.1) is 17.8 Å². The molecule has 1 saturated heterocycles. The van der Waals surface area contributed by atoms with Gasteiger partial charge in [-0.15, -0.1) is 0 Å². The van der Waals surface area contributed by atoms with E-state index in [1.165, 1.54) is 35.0 Å². The number of hydrogen-bond acceptors (Lipinski definition) is 7. The smallest absolute Gasteiger partial charge is 0.230 e.